The fourth-order valence-electron chi connectivity index (χ4n) is 1.79. The fourth-order valence-corrected chi connectivity index (χ4v) is 1.79. The van der Waals surface area contributed by atoms with E-state index in [0.717, 1.165) is 0 Å². The summed E-state index contributed by atoms with van der Waals surface area (Å²) in [5.41, 5.74) is 2.11. The second-order valence-electron chi connectivity index (χ2n) is 3.51. The highest BCUT2D eigenvalue weighted by Gasteiger charge is 2.26. The standard InChI is InChI=1S/C8H15N3O3/c9-11-7(12)5-1-3-6(4-2-5)10-8(13)14/h5-6,10H,1-4,9H2,(H,11,12)(H,13,14). The Morgan fingerprint density at radius 2 is 1.79 bits per heavy atom. The van der Waals surface area contributed by atoms with E-state index >= 15 is 0 Å². The summed E-state index contributed by atoms with van der Waals surface area (Å²) in [5.74, 6) is 4.79. The monoisotopic (exact) mass is 201 g/mol. The van der Waals surface area contributed by atoms with Gasteiger partial charge >= 0.3 is 6.09 Å². The van der Waals surface area contributed by atoms with Crippen molar-refractivity contribution in [2.24, 2.45) is 11.8 Å². The molecule has 2 amide bonds. The van der Waals surface area contributed by atoms with Crippen LogP contribution in [0.2, 0.25) is 0 Å². The van der Waals surface area contributed by atoms with Gasteiger partial charge in [0.05, 0.1) is 0 Å². The molecule has 6 nitrogen and oxygen atoms in total. The molecule has 80 valence electrons. The number of hydrazine groups is 1. The number of rotatable bonds is 2. The summed E-state index contributed by atoms with van der Waals surface area (Å²) in [6.07, 6.45) is 1.77. The topological polar surface area (TPSA) is 104 Å². The van der Waals surface area contributed by atoms with Crippen molar-refractivity contribution < 1.29 is 14.7 Å². The average Bonchev–Trinajstić information content (AvgIpc) is 2.17. The number of carboxylic acid groups (broad SMARTS) is 1. The third-order valence-corrected chi connectivity index (χ3v) is 2.57. The fraction of sp³-hybridized carbons (Fsp3) is 0.750. The smallest absolute Gasteiger partial charge is 0.404 e. The molecule has 5 N–H and O–H groups in total. The minimum Gasteiger partial charge on any atom is -0.465 e. The van der Waals surface area contributed by atoms with Gasteiger partial charge in [-0.15, -0.1) is 0 Å². The molecule has 1 saturated carbocycles. The predicted molar refractivity (Wildman–Crippen MR) is 49.2 cm³/mol. The molecule has 1 aliphatic rings. The largest absolute Gasteiger partial charge is 0.465 e. The first-order valence-corrected chi connectivity index (χ1v) is 4.63. The second-order valence-corrected chi connectivity index (χ2v) is 3.51. The van der Waals surface area contributed by atoms with Crippen molar-refractivity contribution in [2.45, 2.75) is 31.7 Å². The van der Waals surface area contributed by atoms with Crippen LogP contribution in [0, 0.1) is 5.92 Å². The Morgan fingerprint density at radius 1 is 1.21 bits per heavy atom. The highest BCUT2D eigenvalue weighted by Crippen LogP contribution is 2.24. The van der Waals surface area contributed by atoms with E-state index in [1.165, 1.54) is 0 Å². The van der Waals surface area contributed by atoms with Gasteiger partial charge < -0.3 is 10.4 Å². The van der Waals surface area contributed by atoms with Crippen molar-refractivity contribution in [3.05, 3.63) is 0 Å². The van der Waals surface area contributed by atoms with Crippen molar-refractivity contribution in [2.75, 3.05) is 0 Å². The first-order chi connectivity index (χ1) is 6.63. The minimum absolute atomic E-state index is 0.0191. The van der Waals surface area contributed by atoms with Gasteiger partial charge in [0.2, 0.25) is 5.91 Å². The van der Waals surface area contributed by atoms with E-state index in [4.69, 9.17) is 10.9 Å². The van der Waals surface area contributed by atoms with Gasteiger partial charge in [0, 0.05) is 12.0 Å². The molecule has 1 fully saturated rings. The van der Waals surface area contributed by atoms with Crippen LogP contribution in [0.4, 0.5) is 4.79 Å². The Bertz CT molecular complexity index is 224. The highest BCUT2D eigenvalue weighted by molar-refractivity contribution is 5.78. The van der Waals surface area contributed by atoms with Gasteiger partial charge in [-0.3, -0.25) is 10.2 Å². The number of carbonyl (C=O) groups excluding carboxylic acids is 1. The number of amides is 2. The number of nitrogens with one attached hydrogen (secondary N) is 2. The van der Waals surface area contributed by atoms with Gasteiger partial charge in [0.15, 0.2) is 0 Å². The summed E-state index contributed by atoms with van der Waals surface area (Å²) in [4.78, 5) is 21.5. The molecule has 0 atom stereocenters. The van der Waals surface area contributed by atoms with E-state index in [-0.39, 0.29) is 17.9 Å². The molecule has 0 heterocycles. The lowest BCUT2D eigenvalue weighted by Gasteiger charge is -2.26. The summed E-state index contributed by atoms with van der Waals surface area (Å²) in [5, 5.41) is 10.9. The van der Waals surface area contributed by atoms with E-state index < -0.39 is 6.09 Å². The molecule has 0 aromatic heterocycles. The molecule has 0 saturated heterocycles. The summed E-state index contributed by atoms with van der Waals surface area (Å²) in [6.45, 7) is 0. The van der Waals surface area contributed by atoms with Crippen molar-refractivity contribution in [1.29, 1.82) is 0 Å². The molecule has 0 radical (unpaired) electrons. The van der Waals surface area contributed by atoms with Crippen LogP contribution in [0.5, 0.6) is 0 Å². The Kier molecular flexibility index (Phi) is 3.70. The molecule has 0 spiro atoms. The first-order valence-electron chi connectivity index (χ1n) is 4.63. The van der Waals surface area contributed by atoms with E-state index in [1.807, 2.05) is 0 Å². The minimum atomic E-state index is -1.00. The molecule has 1 aliphatic carbocycles. The van der Waals surface area contributed by atoms with Gasteiger partial charge in [0.1, 0.15) is 0 Å². The molecule has 6 heteroatoms. The summed E-state index contributed by atoms with van der Waals surface area (Å²) >= 11 is 0. The van der Waals surface area contributed by atoms with E-state index in [2.05, 4.69) is 10.7 Å². The quantitative estimate of drug-likeness (QED) is 0.282. The molecule has 0 aromatic rings. The number of nitrogens with two attached hydrogens (primary N) is 1. The zero-order valence-corrected chi connectivity index (χ0v) is 7.82. The molecule has 0 aromatic carbocycles. The molecular weight excluding hydrogens is 186 g/mol. The molecule has 14 heavy (non-hydrogen) atoms. The van der Waals surface area contributed by atoms with E-state index in [0.29, 0.717) is 25.7 Å². The van der Waals surface area contributed by atoms with Crippen molar-refractivity contribution in [3.63, 3.8) is 0 Å². The summed E-state index contributed by atoms with van der Waals surface area (Å²) < 4.78 is 0. The summed E-state index contributed by atoms with van der Waals surface area (Å²) in [6, 6.07) is -0.0191. The van der Waals surface area contributed by atoms with Crippen LogP contribution in [-0.2, 0) is 4.79 Å². The van der Waals surface area contributed by atoms with Crippen LogP contribution in [0.1, 0.15) is 25.7 Å². The predicted octanol–water partition coefficient (Wildman–Crippen LogP) is -0.197. The van der Waals surface area contributed by atoms with Gasteiger partial charge in [-0.05, 0) is 25.7 Å². The maximum Gasteiger partial charge on any atom is 0.404 e. The number of hydrogen-bond donors (Lipinski definition) is 4. The van der Waals surface area contributed by atoms with E-state index in [9.17, 15) is 9.59 Å². The lowest BCUT2D eigenvalue weighted by Crippen LogP contribution is -2.42. The van der Waals surface area contributed by atoms with Gasteiger partial charge in [0.25, 0.3) is 0 Å². The molecule has 0 bridgehead atoms. The lowest BCUT2D eigenvalue weighted by atomic mass is 9.85. The first kappa shape index (κ1) is 10.8. The Morgan fingerprint density at radius 3 is 2.21 bits per heavy atom. The Balaban J connectivity index is 2.31. The van der Waals surface area contributed by atoms with Crippen LogP contribution in [-0.4, -0.2) is 23.1 Å². The van der Waals surface area contributed by atoms with Gasteiger partial charge in [-0.2, -0.15) is 0 Å². The van der Waals surface area contributed by atoms with Crippen LogP contribution < -0.4 is 16.6 Å². The normalized spacial score (nSPS) is 26.6. The number of carbonyl (C=O) groups is 2. The van der Waals surface area contributed by atoms with Crippen molar-refractivity contribution in [3.8, 4) is 0 Å². The van der Waals surface area contributed by atoms with Crippen LogP contribution in [0.15, 0.2) is 0 Å². The third kappa shape index (κ3) is 2.88. The van der Waals surface area contributed by atoms with Gasteiger partial charge in [-0.1, -0.05) is 0 Å². The van der Waals surface area contributed by atoms with E-state index in [1.54, 1.807) is 0 Å². The third-order valence-electron chi connectivity index (χ3n) is 2.57. The maximum atomic E-state index is 11.1. The highest BCUT2D eigenvalue weighted by atomic mass is 16.4. The SMILES string of the molecule is NNC(=O)C1CCC(NC(=O)O)CC1. The lowest BCUT2D eigenvalue weighted by molar-refractivity contribution is -0.126. The zero-order chi connectivity index (χ0) is 10.6. The molecular formula is C8H15N3O3. The average molecular weight is 201 g/mol. The van der Waals surface area contributed by atoms with Gasteiger partial charge in [-0.25, -0.2) is 10.6 Å². The Labute approximate surface area is 81.8 Å². The Hall–Kier alpha value is -1.30. The number of hydrogen-bond acceptors (Lipinski definition) is 3. The molecule has 0 unspecified atom stereocenters. The summed E-state index contributed by atoms with van der Waals surface area (Å²) in [7, 11) is 0. The van der Waals surface area contributed by atoms with Crippen LogP contribution >= 0.6 is 0 Å². The molecule has 1 rings (SSSR count). The van der Waals surface area contributed by atoms with Crippen molar-refractivity contribution >= 4 is 12.0 Å². The maximum absolute atomic E-state index is 11.1. The van der Waals surface area contributed by atoms with Crippen LogP contribution in [0.3, 0.4) is 0 Å². The van der Waals surface area contributed by atoms with Crippen molar-refractivity contribution in [1.82, 2.24) is 10.7 Å². The van der Waals surface area contributed by atoms with Crippen LogP contribution in [0.25, 0.3) is 0 Å². The zero-order valence-electron chi connectivity index (χ0n) is 7.82. The molecule has 0 aliphatic heterocycles. The second kappa shape index (κ2) is 4.80.